The van der Waals surface area contributed by atoms with E-state index in [4.69, 9.17) is 0 Å². The van der Waals surface area contributed by atoms with Crippen LogP contribution in [-0.4, -0.2) is 20.1 Å². The molecule has 6 nitrogen and oxygen atoms in total. The van der Waals surface area contributed by atoms with Crippen LogP contribution in [0.25, 0.3) is 0 Å². The number of nitrogens with zero attached hydrogens (tertiary/aromatic N) is 4. The number of nitriles is 1. The molecule has 0 radical (unpaired) electrons. The van der Waals surface area contributed by atoms with Gasteiger partial charge in [0.05, 0.1) is 11.7 Å². The van der Waals surface area contributed by atoms with Gasteiger partial charge in [0.15, 0.2) is 5.78 Å². The summed E-state index contributed by atoms with van der Waals surface area (Å²) in [4.78, 5) is 25.5. The molecule has 0 spiro atoms. The molecule has 0 bridgehead atoms. The summed E-state index contributed by atoms with van der Waals surface area (Å²) in [5.41, 5.74) is 4.16. The van der Waals surface area contributed by atoms with Crippen molar-refractivity contribution in [1.29, 1.82) is 5.26 Å². The number of ketones is 1. The Kier molecular flexibility index (Phi) is 5.51. The number of rotatable bonds is 5. The summed E-state index contributed by atoms with van der Waals surface area (Å²) in [5.74, 6) is -0.202. The maximum atomic E-state index is 13.0. The Labute approximate surface area is 170 Å². The number of Topliss-reactive ketones (excluding diaryl/α,β-unsaturated/α-hetero) is 1. The number of carbonyl (C=O) groups excluding carboxylic acids is 1. The molecule has 0 fully saturated rings. The van der Waals surface area contributed by atoms with E-state index in [1.165, 1.54) is 0 Å². The van der Waals surface area contributed by atoms with Gasteiger partial charge in [0.25, 0.3) is 5.56 Å². The normalized spacial score (nSPS) is 11.9. The Hall–Kier alpha value is -3.46. The maximum absolute atomic E-state index is 13.0. The molecule has 148 valence electrons. The molecule has 0 N–H and O–H groups in total. The zero-order chi connectivity index (χ0) is 21.3. The molecule has 3 rings (SSSR count). The molecule has 0 unspecified atom stereocenters. The van der Waals surface area contributed by atoms with Gasteiger partial charge in [-0.2, -0.15) is 10.4 Å². The Morgan fingerprint density at radius 3 is 2.45 bits per heavy atom. The van der Waals surface area contributed by atoms with E-state index in [-0.39, 0.29) is 23.9 Å². The van der Waals surface area contributed by atoms with Crippen molar-refractivity contribution in [3.63, 3.8) is 0 Å². The van der Waals surface area contributed by atoms with Crippen LogP contribution in [0.1, 0.15) is 57.1 Å². The molecular formula is C23H24N4O2. The highest BCUT2D eigenvalue weighted by molar-refractivity contribution is 5.97. The third kappa shape index (κ3) is 3.64. The van der Waals surface area contributed by atoms with E-state index >= 15 is 0 Å². The van der Waals surface area contributed by atoms with Crippen molar-refractivity contribution < 1.29 is 4.79 Å². The first-order valence-corrected chi connectivity index (χ1v) is 9.51. The molecule has 3 aromatic rings. The highest BCUT2D eigenvalue weighted by Gasteiger charge is 2.21. The first-order valence-electron chi connectivity index (χ1n) is 9.51. The molecule has 0 aliphatic carbocycles. The summed E-state index contributed by atoms with van der Waals surface area (Å²) in [5, 5.41) is 13.5. The lowest BCUT2D eigenvalue weighted by atomic mass is 10.1. The number of hydrogen-bond donors (Lipinski definition) is 0. The van der Waals surface area contributed by atoms with Crippen LogP contribution >= 0.6 is 0 Å². The van der Waals surface area contributed by atoms with Crippen molar-refractivity contribution in [2.45, 2.75) is 47.2 Å². The van der Waals surface area contributed by atoms with Crippen LogP contribution in [0.5, 0.6) is 0 Å². The van der Waals surface area contributed by atoms with Crippen molar-refractivity contribution in [3.8, 4) is 6.07 Å². The first kappa shape index (κ1) is 20.3. The fraction of sp³-hybridized carbons (Fsp3) is 0.304. The third-order valence-corrected chi connectivity index (χ3v) is 5.50. The number of aromatic nitrogens is 3. The zero-order valence-electron chi connectivity index (χ0n) is 17.4. The molecule has 2 aromatic heterocycles. The van der Waals surface area contributed by atoms with Gasteiger partial charge in [0, 0.05) is 17.0 Å². The van der Waals surface area contributed by atoms with Crippen molar-refractivity contribution in [3.05, 3.63) is 86.1 Å². The smallest absolute Gasteiger partial charge is 0.285 e. The molecule has 0 aliphatic rings. The van der Waals surface area contributed by atoms with Crippen LogP contribution in [0.2, 0.25) is 0 Å². The van der Waals surface area contributed by atoms with Crippen molar-refractivity contribution >= 4 is 5.78 Å². The van der Waals surface area contributed by atoms with Crippen LogP contribution in [-0.2, 0) is 6.54 Å². The van der Waals surface area contributed by atoms with Crippen molar-refractivity contribution in [2.24, 2.45) is 0 Å². The minimum absolute atomic E-state index is 0.0356. The van der Waals surface area contributed by atoms with E-state index in [0.717, 1.165) is 21.6 Å². The molecule has 1 aromatic carbocycles. The second-order valence-electron chi connectivity index (χ2n) is 7.32. The molecule has 0 saturated heterocycles. The Balaban J connectivity index is 1.98. The van der Waals surface area contributed by atoms with Gasteiger partial charge in [-0.25, -0.2) is 4.68 Å². The second kappa shape index (κ2) is 7.88. The fourth-order valence-corrected chi connectivity index (χ4v) is 3.77. The number of hydrogen-bond acceptors (Lipinski definition) is 4. The molecule has 0 amide bonds. The highest BCUT2D eigenvalue weighted by atomic mass is 16.1. The topological polar surface area (TPSA) is 80.7 Å². The average molecular weight is 388 g/mol. The highest BCUT2D eigenvalue weighted by Crippen LogP contribution is 2.26. The monoisotopic (exact) mass is 388 g/mol. The maximum Gasteiger partial charge on any atom is 0.285 e. The Morgan fingerprint density at radius 1 is 1.17 bits per heavy atom. The molecule has 6 heteroatoms. The predicted molar refractivity (Wildman–Crippen MR) is 111 cm³/mol. The molecule has 0 saturated carbocycles. The summed E-state index contributed by atoms with van der Waals surface area (Å²) in [6, 6.07) is 14.0. The Bertz CT molecular complexity index is 1180. The average Bonchev–Trinajstić information content (AvgIpc) is 3.01. The number of carbonyl (C=O) groups is 1. The van der Waals surface area contributed by atoms with Gasteiger partial charge in [-0.05, 0) is 51.8 Å². The second-order valence-corrected chi connectivity index (χ2v) is 7.32. The lowest BCUT2D eigenvalue weighted by molar-refractivity contribution is 0.0964. The van der Waals surface area contributed by atoms with E-state index in [1.54, 1.807) is 13.8 Å². The van der Waals surface area contributed by atoms with Gasteiger partial charge in [-0.1, -0.05) is 30.3 Å². The van der Waals surface area contributed by atoms with Crippen molar-refractivity contribution in [2.75, 3.05) is 0 Å². The predicted octanol–water partition coefficient (Wildman–Crippen LogP) is 3.64. The van der Waals surface area contributed by atoms with Gasteiger partial charge in [0.1, 0.15) is 18.2 Å². The van der Waals surface area contributed by atoms with Crippen LogP contribution in [0.3, 0.4) is 0 Å². The van der Waals surface area contributed by atoms with Crippen LogP contribution in [0, 0.1) is 39.0 Å². The first-order chi connectivity index (χ1) is 13.8. The van der Waals surface area contributed by atoms with Crippen molar-refractivity contribution in [1.82, 2.24) is 14.3 Å². The summed E-state index contributed by atoms with van der Waals surface area (Å²) >= 11 is 0. The van der Waals surface area contributed by atoms with Gasteiger partial charge >= 0.3 is 0 Å². The summed E-state index contributed by atoms with van der Waals surface area (Å²) in [7, 11) is 0. The zero-order valence-corrected chi connectivity index (χ0v) is 17.4. The molecular weight excluding hydrogens is 364 g/mol. The van der Waals surface area contributed by atoms with Crippen LogP contribution in [0.15, 0.2) is 41.2 Å². The minimum atomic E-state index is -0.532. The summed E-state index contributed by atoms with van der Waals surface area (Å²) < 4.78 is 3.22. The van der Waals surface area contributed by atoms with Gasteiger partial charge in [-0.3, -0.25) is 9.59 Å². The minimum Gasteiger partial charge on any atom is -0.341 e. The van der Waals surface area contributed by atoms with Gasteiger partial charge < -0.3 is 4.57 Å². The molecule has 2 heterocycles. The van der Waals surface area contributed by atoms with Crippen LogP contribution in [0.4, 0.5) is 0 Å². The third-order valence-electron chi connectivity index (χ3n) is 5.50. The molecule has 29 heavy (non-hydrogen) atoms. The van der Waals surface area contributed by atoms with E-state index in [9.17, 15) is 14.9 Å². The SMILES string of the molecule is Cc1nn(CC(=O)c2cc(C)n([C@@H](C)c3ccccc3)c2C)c(=O)c(C#N)c1C. The largest absolute Gasteiger partial charge is 0.341 e. The standard InChI is InChI=1S/C23H24N4O2/c1-14-11-20(18(5)27(14)17(4)19-9-7-6-8-10-19)22(28)13-26-23(29)21(12-24)15(2)16(3)25-26/h6-11,17H,13H2,1-5H3/t17-/m0/s1. The van der Waals surface area contributed by atoms with E-state index in [1.807, 2.05) is 44.2 Å². The molecule has 1 atom stereocenters. The number of benzene rings is 1. The van der Waals surface area contributed by atoms with Crippen LogP contribution < -0.4 is 5.56 Å². The summed E-state index contributed by atoms with van der Waals surface area (Å²) in [6.07, 6.45) is 0. The summed E-state index contributed by atoms with van der Waals surface area (Å²) in [6.45, 7) is 9.20. The fourth-order valence-electron chi connectivity index (χ4n) is 3.77. The lowest BCUT2D eigenvalue weighted by Crippen LogP contribution is -2.30. The molecule has 0 aliphatic heterocycles. The van der Waals surface area contributed by atoms with E-state index in [0.29, 0.717) is 16.8 Å². The lowest BCUT2D eigenvalue weighted by Gasteiger charge is -2.19. The van der Waals surface area contributed by atoms with Gasteiger partial charge in [0.2, 0.25) is 0 Å². The number of aryl methyl sites for hydroxylation is 2. The Morgan fingerprint density at radius 2 is 1.83 bits per heavy atom. The van der Waals surface area contributed by atoms with E-state index in [2.05, 4.69) is 28.7 Å². The van der Waals surface area contributed by atoms with E-state index < -0.39 is 5.56 Å². The quantitative estimate of drug-likeness (QED) is 0.625. The van der Waals surface area contributed by atoms with Gasteiger partial charge in [-0.15, -0.1) is 0 Å².